The van der Waals surface area contributed by atoms with E-state index in [1.807, 2.05) is 0 Å². The fourth-order valence-corrected chi connectivity index (χ4v) is 3.66. The maximum absolute atomic E-state index is 13.1. The Bertz CT molecular complexity index is 1420. The third-order valence-corrected chi connectivity index (χ3v) is 5.41. The summed E-state index contributed by atoms with van der Waals surface area (Å²) >= 11 is 0. The van der Waals surface area contributed by atoms with Crippen LogP contribution in [-0.4, -0.2) is 43.8 Å². The second-order valence-electron chi connectivity index (χ2n) is 7.75. The third-order valence-electron chi connectivity index (χ3n) is 5.41. The van der Waals surface area contributed by atoms with Gasteiger partial charge in [-0.15, -0.1) is 0 Å². The van der Waals surface area contributed by atoms with Crippen LogP contribution in [0.1, 0.15) is 37.8 Å². The highest BCUT2D eigenvalue weighted by molar-refractivity contribution is 6.15. The Kier molecular flexibility index (Phi) is 5.30. The lowest BCUT2D eigenvalue weighted by Crippen LogP contribution is -2.13. The van der Waals surface area contributed by atoms with Crippen molar-refractivity contribution >= 4 is 41.0 Å². The van der Waals surface area contributed by atoms with E-state index >= 15 is 0 Å². The van der Waals surface area contributed by atoms with E-state index in [-0.39, 0.29) is 17.6 Å². The summed E-state index contributed by atoms with van der Waals surface area (Å²) in [5.74, 6) is -0.778. The van der Waals surface area contributed by atoms with Crippen molar-refractivity contribution in [2.24, 2.45) is 12.0 Å². The van der Waals surface area contributed by atoms with Crippen molar-refractivity contribution in [1.29, 1.82) is 0 Å². The van der Waals surface area contributed by atoms with Crippen molar-refractivity contribution in [1.82, 2.24) is 20.0 Å². The predicted molar refractivity (Wildman–Crippen MR) is 126 cm³/mol. The van der Waals surface area contributed by atoms with Gasteiger partial charge in [0.15, 0.2) is 5.78 Å². The lowest BCUT2D eigenvalue weighted by molar-refractivity contribution is -0.115. The Morgan fingerprint density at radius 1 is 1.09 bits per heavy atom. The zero-order valence-corrected chi connectivity index (χ0v) is 18.0. The van der Waals surface area contributed by atoms with Gasteiger partial charge in [0.2, 0.25) is 5.91 Å². The Hall–Kier alpha value is -4.86. The van der Waals surface area contributed by atoms with Gasteiger partial charge in [-0.3, -0.25) is 24.2 Å². The molecule has 0 radical (unpaired) electrons. The normalized spacial score (nSPS) is 14.7. The molecule has 0 aliphatic carbocycles. The van der Waals surface area contributed by atoms with E-state index < -0.39 is 5.92 Å². The molecule has 0 saturated carbocycles. The van der Waals surface area contributed by atoms with Crippen molar-refractivity contribution < 1.29 is 14.4 Å². The number of amides is 2. The Balaban J connectivity index is 1.33. The summed E-state index contributed by atoms with van der Waals surface area (Å²) in [6.45, 7) is 0. The number of aryl methyl sites for hydroxylation is 1. The van der Waals surface area contributed by atoms with Gasteiger partial charge in [-0.25, -0.2) is 4.99 Å². The van der Waals surface area contributed by atoms with Gasteiger partial charge in [0.1, 0.15) is 11.7 Å². The van der Waals surface area contributed by atoms with Gasteiger partial charge in [-0.05, 0) is 48.0 Å². The van der Waals surface area contributed by atoms with E-state index in [0.29, 0.717) is 39.4 Å². The number of aromatic amines is 1. The number of fused-ring (bicyclic) bond motifs is 1. The van der Waals surface area contributed by atoms with E-state index in [0.717, 1.165) is 0 Å². The fourth-order valence-electron chi connectivity index (χ4n) is 3.66. The Morgan fingerprint density at radius 3 is 2.59 bits per heavy atom. The second-order valence-corrected chi connectivity index (χ2v) is 7.75. The topological polar surface area (TPSA) is 134 Å². The first-order valence-electron chi connectivity index (χ1n) is 10.4. The number of rotatable bonds is 6. The van der Waals surface area contributed by atoms with E-state index in [1.54, 1.807) is 72.7 Å². The van der Waals surface area contributed by atoms with Crippen LogP contribution in [-0.2, 0) is 11.8 Å². The number of aliphatic imine (C=N–C) groups is 1. The molecule has 1 aliphatic rings. The molecular formula is C24H19N7O3. The number of nitrogens with zero attached hydrogens (tertiary/aromatic N) is 4. The average Bonchev–Trinajstić information content (AvgIpc) is 3.57. The van der Waals surface area contributed by atoms with E-state index in [9.17, 15) is 14.4 Å². The van der Waals surface area contributed by atoms with Gasteiger partial charge in [0, 0.05) is 48.0 Å². The third kappa shape index (κ3) is 4.11. The van der Waals surface area contributed by atoms with Crippen LogP contribution in [0.15, 0.2) is 72.1 Å². The van der Waals surface area contributed by atoms with Gasteiger partial charge in [-0.2, -0.15) is 10.2 Å². The smallest absolute Gasteiger partial charge is 0.258 e. The molecule has 4 aromatic rings. The molecule has 34 heavy (non-hydrogen) atoms. The SMILES string of the molecule is Cn1cc(C(=O)Nc2ccc(C(=O)c3ccc4c(c3)C(C=Nc3ccn[nH]3)C(=O)N4)cc2)cn1. The van der Waals surface area contributed by atoms with Gasteiger partial charge in [-0.1, -0.05) is 0 Å². The maximum atomic E-state index is 13.1. The van der Waals surface area contributed by atoms with Gasteiger partial charge in [0.25, 0.3) is 5.91 Å². The molecule has 1 atom stereocenters. The van der Waals surface area contributed by atoms with Crippen LogP contribution in [0.2, 0.25) is 0 Å². The summed E-state index contributed by atoms with van der Waals surface area (Å²) in [4.78, 5) is 42.0. The van der Waals surface area contributed by atoms with Crippen LogP contribution in [0.25, 0.3) is 0 Å². The average molecular weight is 453 g/mol. The van der Waals surface area contributed by atoms with Gasteiger partial charge < -0.3 is 10.6 Å². The van der Waals surface area contributed by atoms with Gasteiger partial charge >= 0.3 is 0 Å². The summed E-state index contributed by atoms with van der Waals surface area (Å²) < 4.78 is 1.55. The summed E-state index contributed by atoms with van der Waals surface area (Å²) in [6, 6.07) is 13.4. The largest absolute Gasteiger partial charge is 0.325 e. The van der Waals surface area contributed by atoms with Crippen molar-refractivity contribution in [3.63, 3.8) is 0 Å². The second kappa shape index (κ2) is 8.58. The minimum atomic E-state index is -0.615. The predicted octanol–water partition coefficient (Wildman–Crippen LogP) is 3.06. The molecule has 0 fully saturated rings. The van der Waals surface area contributed by atoms with Crippen LogP contribution < -0.4 is 10.6 Å². The van der Waals surface area contributed by atoms with E-state index in [1.165, 1.54) is 12.4 Å². The Morgan fingerprint density at radius 2 is 1.88 bits per heavy atom. The number of hydrogen-bond acceptors (Lipinski definition) is 6. The molecule has 3 N–H and O–H groups in total. The molecule has 0 bridgehead atoms. The van der Waals surface area contributed by atoms with Crippen molar-refractivity contribution in [2.75, 3.05) is 10.6 Å². The van der Waals surface area contributed by atoms with Crippen LogP contribution in [0.3, 0.4) is 0 Å². The number of carbonyl (C=O) groups excluding carboxylic acids is 3. The molecule has 1 aliphatic heterocycles. The van der Waals surface area contributed by atoms with Crippen molar-refractivity contribution in [2.45, 2.75) is 5.92 Å². The number of anilines is 2. The first kappa shape index (κ1) is 21.0. The Labute approximate surface area is 193 Å². The molecule has 168 valence electrons. The molecule has 3 heterocycles. The minimum absolute atomic E-state index is 0.198. The molecule has 10 heteroatoms. The monoisotopic (exact) mass is 453 g/mol. The highest BCUT2D eigenvalue weighted by Crippen LogP contribution is 2.33. The number of hydrogen-bond donors (Lipinski definition) is 3. The lowest BCUT2D eigenvalue weighted by Gasteiger charge is -2.08. The molecule has 5 rings (SSSR count). The molecule has 2 aromatic heterocycles. The number of benzene rings is 2. The number of ketones is 1. The highest BCUT2D eigenvalue weighted by Gasteiger charge is 2.30. The van der Waals surface area contributed by atoms with Crippen LogP contribution >= 0.6 is 0 Å². The minimum Gasteiger partial charge on any atom is -0.325 e. The van der Waals surface area contributed by atoms with Crippen LogP contribution in [0.5, 0.6) is 0 Å². The summed E-state index contributed by atoms with van der Waals surface area (Å²) in [5, 5.41) is 16.1. The first-order valence-corrected chi connectivity index (χ1v) is 10.4. The van der Waals surface area contributed by atoms with Crippen molar-refractivity contribution in [3.05, 3.63) is 89.4 Å². The van der Waals surface area contributed by atoms with E-state index in [4.69, 9.17) is 0 Å². The van der Waals surface area contributed by atoms with Crippen LogP contribution in [0.4, 0.5) is 17.2 Å². The number of nitrogens with one attached hydrogen (secondary N) is 3. The molecule has 1 unspecified atom stereocenters. The van der Waals surface area contributed by atoms with Gasteiger partial charge in [0.05, 0.1) is 18.0 Å². The van der Waals surface area contributed by atoms with Crippen LogP contribution in [0, 0.1) is 0 Å². The standard InChI is InChI=1S/C24H19N7O3/c1-31-13-16(11-27-31)23(33)28-17-5-2-14(3-6-17)22(32)15-4-7-20-18(10-15)19(24(34)29-20)12-25-21-8-9-26-30-21/h2-13,19H,1H3,(H,26,30)(H,28,33)(H,29,34). The quantitative estimate of drug-likeness (QED) is 0.305. The molecule has 10 nitrogen and oxygen atoms in total. The molecule has 0 spiro atoms. The van der Waals surface area contributed by atoms with Crippen molar-refractivity contribution in [3.8, 4) is 0 Å². The maximum Gasteiger partial charge on any atom is 0.258 e. The highest BCUT2D eigenvalue weighted by atomic mass is 16.2. The molecule has 2 aromatic carbocycles. The molecule has 0 saturated heterocycles. The summed E-state index contributed by atoms with van der Waals surface area (Å²) in [5.41, 5.74) is 3.23. The zero-order chi connectivity index (χ0) is 23.7. The fraction of sp³-hybridized carbons (Fsp3) is 0.0833. The summed E-state index contributed by atoms with van der Waals surface area (Å²) in [7, 11) is 1.73. The number of aromatic nitrogens is 4. The first-order chi connectivity index (χ1) is 16.5. The lowest BCUT2D eigenvalue weighted by atomic mass is 9.96. The molecule has 2 amide bonds. The zero-order valence-electron chi connectivity index (χ0n) is 18.0. The molecular weight excluding hydrogens is 434 g/mol. The number of H-pyrrole nitrogens is 1. The van der Waals surface area contributed by atoms with E-state index in [2.05, 4.69) is 30.9 Å². The number of carbonyl (C=O) groups is 3. The summed E-state index contributed by atoms with van der Waals surface area (Å²) in [6.07, 6.45) is 6.20.